The van der Waals surface area contributed by atoms with Crippen molar-refractivity contribution in [2.75, 3.05) is 7.11 Å². The fourth-order valence-corrected chi connectivity index (χ4v) is 0. The number of hydrogen-bond acceptors (Lipinski definition) is 3. The van der Waals surface area contributed by atoms with Crippen LogP contribution in [0.5, 0.6) is 0 Å². The van der Waals surface area contributed by atoms with Crippen molar-refractivity contribution in [2.24, 2.45) is 0 Å². The Kier molecular flexibility index (Phi) is 1.78. The molecule has 0 spiro atoms. The maximum absolute atomic E-state index is 7.94. The smallest absolute Gasteiger partial charge is 0.194 e. The zero-order chi connectivity index (χ0) is 5.21. The number of hydrogen-bond donors (Lipinski definition) is 2. The zero-order valence-electron chi connectivity index (χ0n) is 3.75. The molecule has 0 atom stereocenters. The van der Waals surface area contributed by atoms with Crippen molar-refractivity contribution >= 4 is 8.55 Å². The molecule has 4 heteroatoms. The molecule has 5 heavy (non-hydrogen) atoms. The summed E-state index contributed by atoms with van der Waals surface area (Å²) in [4.78, 5) is 15.9. The molecule has 0 unspecified atom stereocenters. The van der Waals surface area contributed by atoms with Gasteiger partial charge in [-0.1, -0.05) is 0 Å². The van der Waals surface area contributed by atoms with E-state index in [1.807, 2.05) is 0 Å². The van der Waals surface area contributed by atoms with E-state index >= 15 is 0 Å². The van der Waals surface area contributed by atoms with Crippen molar-refractivity contribution < 1.29 is 14.3 Å². The molecule has 0 aromatic heterocycles. The highest BCUT2D eigenvalue weighted by Gasteiger charge is 1.95. The van der Waals surface area contributed by atoms with Gasteiger partial charge in [-0.05, 0) is 0 Å². The zero-order valence-corrected chi connectivity index (χ0v) is 3.64. The van der Waals surface area contributed by atoms with Gasteiger partial charge in [-0.15, -0.1) is 0 Å². The van der Waals surface area contributed by atoms with Crippen molar-refractivity contribution in [3.8, 4) is 0 Å². The highest BCUT2D eigenvalue weighted by atomic mass is 31.2. The molecule has 0 rings (SSSR count). The summed E-state index contributed by atoms with van der Waals surface area (Å²) in [6, 6.07) is 0. The normalized spacial score (nSPS) is 14.6. The van der Waals surface area contributed by atoms with Crippen LogP contribution in [0.25, 0.3) is 0 Å². The molecule has 0 saturated heterocycles. The molecule has 3 nitrogen and oxygen atoms in total. The summed E-state index contributed by atoms with van der Waals surface area (Å²) in [5.41, 5.74) is 0. The van der Waals surface area contributed by atoms with Crippen LogP contribution in [-0.2, 0) is 4.52 Å². The van der Waals surface area contributed by atoms with E-state index in [0.717, 1.165) is 7.11 Å². The van der Waals surface area contributed by atoms with Crippen molar-refractivity contribution in [3.05, 3.63) is 0 Å². The van der Waals surface area contributed by atoms with E-state index in [2.05, 4.69) is 4.52 Å². The lowest BCUT2D eigenvalue weighted by Gasteiger charge is -1.79. The fraction of sp³-hybridized carbons (Fsp3) is 1.00. The summed E-state index contributed by atoms with van der Waals surface area (Å²) in [6.07, 6.45) is 0. The Hall–Kier alpha value is 0.310. The molecule has 0 fully saturated rings. The van der Waals surface area contributed by atoms with Crippen molar-refractivity contribution in [2.45, 2.75) is 0 Å². The van der Waals surface area contributed by atoms with Gasteiger partial charge in [0, 0.05) is 0 Å². The Bertz CT molecular complexity index is 40.5. The van der Waals surface area contributed by atoms with Gasteiger partial charge in [-0.3, -0.25) is 0 Å². The lowest BCUT2D eigenvalue weighted by molar-refractivity contribution is 0.310. The predicted molar refractivity (Wildman–Crippen MR) is 19.8 cm³/mol. The molecule has 0 aliphatic heterocycles. The average molecular weight is 98.0 g/mol. The van der Waals surface area contributed by atoms with Gasteiger partial charge >= 0.3 is 9.83 Å². The Morgan fingerprint density at radius 3 is 2.20 bits per heavy atom. The second-order valence-corrected chi connectivity index (χ2v) is 1.31. The summed E-state index contributed by atoms with van der Waals surface area (Å²) in [6.45, 7) is 0. The SMILES string of the molecule is [2H][P+](O)(O)OC. The molecule has 0 amide bonds. The maximum atomic E-state index is 7.94. The third kappa shape index (κ3) is 4.31. The van der Waals surface area contributed by atoms with Crippen LogP contribution < -0.4 is 0 Å². The third-order valence-corrected chi connectivity index (χ3v) is 0.490. The molecule has 0 aromatic carbocycles. The summed E-state index contributed by atoms with van der Waals surface area (Å²) in [5, 5.41) is 0. The van der Waals surface area contributed by atoms with Crippen LogP contribution >= 0.6 is 8.55 Å². The van der Waals surface area contributed by atoms with Crippen molar-refractivity contribution in [1.29, 1.82) is 1.28 Å². The topological polar surface area (TPSA) is 49.7 Å². The Morgan fingerprint density at radius 1 is 2.00 bits per heavy atom. The van der Waals surface area contributed by atoms with E-state index in [4.69, 9.17) is 11.1 Å². The largest absolute Gasteiger partial charge is 0.392 e. The van der Waals surface area contributed by atoms with Gasteiger partial charge in [0.2, 0.25) is 0 Å². The summed E-state index contributed by atoms with van der Waals surface area (Å²) >= 11 is 0. The van der Waals surface area contributed by atoms with Crippen LogP contribution in [0.1, 0.15) is 0 Å². The van der Waals surface area contributed by atoms with Crippen LogP contribution in [0.15, 0.2) is 0 Å². The van der Waals surface area contributed by atoms with Crippen molar-refractivity contribution in [3.63, 3.8) is 0 Å². The molecule has 0 bridgehead atoms. The second-order valence-electron chi connectivity index (χ2n) is 0.435. The first kappa shape index (κ1) is 3.50. The van der Waals surface area contributed by atoms with Crippen LogP contribution in [0.3, 0.4) is 0 Å². The lowest BCUT2D eigenvalue weighted by Crippen LogP contribution is -1.67. The molecule has 0 aromatic rings. The van der Waals surface area contributed by atoms with Crippen LogP contribution in [0.2, 0.25) is 0 Å². The Morgan fingerprint density at radius 2 is 2.20 bits per heavy atom. The minimum absolute atomic E-state index is 1.07. The van der Waals surface area contributed by atoms with E-state index in [9.17, 15) is 0 Å². The first-order valence-electron chi connectivity index (χ1n) is 1.44. The first-order valence-corrected chi connectivity index (χ1v) is 2.16. The minimum atomic E-state index is -3.65. The molecule has 0 radical (unpaired) electrons. The van der Waals surface area contributed by atoms with Gasteiger partial charge in [0.15, 0.2) is 0 Å². The minimum Gasteiger partial charge on any atom is -0.194 e. The quantitative estimate of drug-likeness (QED) is 0.438. The monoisotopic (exact) mass is 98.0 g/mol. The van der Waals surface area contributed by atoms with E-state index in [1.165, 1.54) is 0 Å². The first-order chi connectivity index (χ1) is 2.56. The maximum Gasteiger partial charge on any atom is 0.392 e. The molecule has 0 aliphatic rings. The van der Waals surface area contributed by atoms with Gasteiger partial charge in [-0.2, -0.15) is 14.3 Å². The van der Waals surface area contributed by atoms with Gasteiger partial charge in [-0.25, -0.2) is 0 Å². The summed E-state index contributed by atoms with van der Waals surface area (Å²) in [5.74, 6) is 0. The third-order valence-electron chi connectivity index (χ3n) is 0.163. The highest BCUT2D eigenvalue weighted by Crippen LogP contribution is 2.20. The van der Waals surface area contributed by atoms with Crippen LogP contribution in [0.4, 0.5) is 0 Å². The number of rotatable bonds is 1. The molecular formula is CH6O3P+. The van der Waals surface area contributed by atoms with E-state index in [1.54, 1.807) is 0 Å². The second kappa shape index (κ2) is 2.54. The average Bonchev–Trinajstić information content (AvgIpc) is 1.35. The summed E-state index contributed by atoms with van der Waals surface area (Å²) < 4.78 is 10.0. The van der Waals surface area contributed by atoms with Gasteiger partial charge in [0.05, 0.1) is 7.11 Å². The van der Waals surface area contributed by atoms with Gasteiger partial charge < -0.3 is 0 Å². The van der Waals surface area contributed by atoms with Gasteiger partial charge in [0.1, 0.15) is 0 Å². The fourth-order valence-electron chi connectivity index (χ4n) is 0. The lowest BCUT2D eigenvalue weighted by atomic mass is 11.8. The highest BCUT2D eigenvalue weighted by molar-refractivity contribution is 7.39. The van der Waals surface area contributed by atoms with Crippen molar-refractivity contribution in [1.82, 2.24) is 0 Å². The predicted octanol–water partition coefficient (Wildman–Crippen LogP) is -0.423. The van der Waals surface area contributed by atoms with E-state index in [-0.39, 0.29) is 0 Å². The van der Waals surface area contributed by atoms with Gasteiger partial charge in [0.25, 0.3) is 0 Å². The van der Waals surface area contributed by atoms with E-state index < -0.39 is 8.55 Å². The molecule has 0 saturated carbocycles. The van der Waals surface area contributed by atoms with Crippen LogP contribution in [-0.4, -0.2) is 18.2 Å². The molecule has 0 heterocycles. The molecular weight excluding hydrogens is 91.0 g/mol. The Balaban J connectivity index is 3.17. The Labute approximate surface area is 32.5 Å². The standard InChI is InChI=1S/CH6O3P/c1-4-5(2)3/h2-3,5H,1H3/q+1/i5D. The summed E-state index contributed by atoms with van der Waals surface area (Å²) in [7, 11) is -2.58. The molecule has 32 valence electrons. The molecule has 0 aliphatic carbocycles. The van der Waals surface area contributed by atoms with Crippen LogP contribution in [0, 0.1) is 0 Å². The van der Waals surface area contributed by atoms with E-state index in [0.29, 0.717) is 0 Å². The molecule has 2 N–H and O–H groups in total.